The Kier molecular flexibility index (Phi) is 3.49. The third-order valence-electron chi connectivity index (χ3n) is 3.83. The van der Waals surface area contributed by atoms with Gasteiger partial charge in [0, 0.05) is 30.8 Å². The first-order valence-corrected chi connectivity index (χ1v) is 6.22. The predicted molar refractivity (Wildman–Crippen MR) is 67.8 cm³/mol. The molecule has 0 bridgehead atoms. The second-order valence-electron chi connectivity index (χ2n) is 4.69. The summed E-state index contributed by atoms with van der Waals surface area (Å²) < 4.78 is 0. The van der Waals surface area contributed by atoms with E-state index in [-0.39, 0.29) is 0 Å². The second-order valence-corrected chi connectivity index (χ2v) is 4.69. The maximum Gasteiger partial charge on any atom is 0.0479 e. The Morgan fingerprint density at radius 2 is 2.00 bits per heavy atom. The largest absolute Gasteiger partial charge is 0.396 e. The van der Waals surface area contributed by atoms with Crippen molar-refractivity contribution in [2.75, 3.05) is 18.1 Å². The lowest BCUT2D eigenvalue weighted by atomic mass is 10.0. The standard InChI is InChI=1S/C14H21NO/c1-3-12-4-6-14(7-5-12)15-9-8-13(10-16)11(15)2/h4-7,11,13,16H,3,8-10H2,1-2H3. The van der Waals surface area contributed by atoms with Gasteiger partial charge in [0.25, 0.3) is 0 Å². The molecule has 0 amide bonds. The Hall–Kier alpha value is -1.02. The molecule has 88 valence electrons. The van der Waals surface area contributed by atoms with Gasteiger partial charge in [0.2, 0.25) is 0 Å². The Morgan fingerprint density at radius 1 is 1.31 bits per heavy atom. The molecule has 0 aliphatic carbocycles. The van der Waals surface area contributed by atoms with Crippen LogP contribution in [0.4, 0.5) is 5.69 Å². The minimum atomic E-state index is 0.310. The van der Waals surface area contributed by atoms with Crippen LogP contribution in [0.3, 0.4) is 0 Å². The molecule has 1 saturated heterocycles. The van der Waals surface area contributed by atoms with Crippen molar-refractivity contribution in [3.63, 3.8) is 0 Å². The summed E-state index contributed by atoms with van der Waals surface area (Å²) in [5.74, 6) is 0.436. The SMILES string of the molecule is CCc1ccc(N2CCC(CO)C2C)cc1. The normalized spacial score (nSPS) is 25.1. The van der Waals surface area contributed by atoms with Crippen LogP contribution in [0.15, 0.2) is 24.3 Å². The number of nitrogens with zero attached hydrogens (tertiary/aromatic N) is 1. The van der Waals surface area contributed by atoms with Crippen molar-refractivity contribution >= 4 is 5.69 Å². The van der Waals surface area contributed by atoms with E-state index in [4.69, 9.17) is 0 Å². The predicted octanol–water partition coefficient (Wildman–Crippen LogP) is 2.46. The van der Waals surface area contributed by atoms with Crippen LogP contribution in [0, 0.1) is 5.92 Å². The molecular weight excluding hydrogens is 198 g/mol. The van der Waals surface area contributed by atoms with Gasteiger partial charge in [-0.25, -0.2) is 0 Å². The first-order valence-electron chi connectivity index (χ1n) is 6.22. The average Bonchev–Trinajstić information content (AvgIpc) is 2.70. The first-order chi connectivity index (χ1) is 7.76. The van der Waals surface area contributed by atoms with E-state index in [1.54, 1.807) is 0 Å². The number of hydrogen-bond acceptors (Lipinski definition) is 2. The minimum Gasteiger partial charge on any atom is -0.396 e. The number of rotatable bonds is 3. The zero-order chi connectivity index (χ0) is 11.5. The average molecular weight is 219 g/mol. The second kappa shape index (κ2) is 4.88. The molecule has 0 saturated carbocycles. The molecule has 1 fully saturated rings. The van der Waals surface area contributed by atoms with Gasteiger partial charge in [-0.3, -0.25) is 0 Å². The summed E-state index contributed by atoms with van der Waals surface area (Å²) >= 11 is 0. The van der Waals surface area contributed by atoms with Crippen LogP contribution in [0.2, 0.25) is 0 Å². The van der Waals surface area contributed by atoms with Crippen molar-refractivity contribution in [3.8, 4) is 0 Å². The van der Waals surface area contributed by atoms with E-state index in [2.05, 4.69) is 43.0 Å². The van der Waals surface area contributed by atoms with Crippen molar-refractivity contribution in [1.82, 2.24) is 0 Å². The van der Waals surface area contributed by atoms with Crippen molar-refractivity contribution in [2.45, 2.75) is 32.7 Å². The molecule has 2 heteroatoms. The Bertz CT molecular complexity index is 333. The zero-order valence-electron chi connectivity index (χ0n) is 10.2. The molecule has 1 aromatic carbocycles. The number of aliphatic hydroxyl groups is 1. The molecule has 16 heavy (non-hydrogen) atoms. The van der Waals surface area contributed by atoms with E-state index in [1.807, 2.05) is 0 Å². The molecule has 2 rings (SSSR count). The molecule has 2 nitrogen and oxygen atoms in total. The van der Waals surface area contributed by atoms with Crippen LogP contribution >= 0.6 is 0 Å². The lowest BCUT2D eigenvalue weighted by Crippen LogP contribution is -2.30. The van der Waals surface area contributed by atoms with Gasteiger partial charge in [0.05, 0.1) is 0 Å². The lowest BCUT2D eigenvalue weighted by Gasteiger charge is -2.26. The molecule has 0 radical (unpaired) electrons. The molecule has 2 unspecified atom stereocenters. The van der Waals surface area contributed by atoms with Gasteiger partial charge in [-0.15, -0.1) is 0 Å². The third kappa shape index (κ3) is 2.07. The van der Waals surface area contributed by atoms with Crippen molar-refractivity contribution in [1.29, 1.82) is 0 Å². The fraction of sp³-hybridized carbons (Fsp3) is 0.571. The fourth-order valence-electron chi connectivity index (χ4n) is 2.54. The molecular formula is C14H21NO. The fourth-order valence-corrected chi connectivity index (χ4v) is 2.54. The molecule has 1 aromatic rings. The third-order valence-corrected chi connectivity index (χ3v) is 3.83. The maximum absolute atomic E-state index is 9.26. The van der Waals surface area contributed by atoms with Crippen molar-refractivity contribution < 1.29 is 5.11 Å². The van der Waals surface area contributed by atoms with E-state index in [9.17, 15) is 5.11 Å². The number of anilines is 1. The summed E-state index contributed by atoms with van der Waals surface area (Å²) in [5, 5.41) is 9.26. The highest BCUT2D eigenvalue weighted by atomic mass is 16.3. The number of aliphatic hydroxyl groups excluding tert-OH is 1. The summed E-state index contributed by atoms with van der Waals surface area (Å²) in [6.07, 6.45) is 2.20. The molecule has 1 aliphatic heterocycles. The number of hydrogen-bond donors (Lipinski definition) is 1. The van der Waals surface area contributed by atoms with Gasteiger partial charge >= 0.3 is 0 Å². The van der Waals surface area contributed by atoms with E-state index < -0.39 is 0 Å². The van der Waals surface area contributed by atoms with E-state index in [0.717, 1.165) is 19.4 Å². The molecule has 2 atom stereocenters. The quantitative estimate of drug-likeness (QED) is 0.844. The van der Waals surface area contributed by atoms with Crippen LogP contribution in [0.25, 0.3) is 0 Å². The van der Waals surface area contributed by atoms with Gasteiger partial charge in [-0.05, 0) is 37.5 Å². The van der Waals surface area contributed by atoms with Gasteiger partial charge in [0.15, 0.2) is 0 Å². The van der Waals surface area contributed by atoms with Crippen LogP contribution in [-0.2, 0) is 6.42 Å². The highest BCUT2D eigenvalue weighted by Crippen LogP contribution is 2.29. The highest BCUT2D eigenvalue weighted by Gasteiger charge is 2.29. The van der Waals surface area contributed by atoms with Crippen LogP contribution < -0.4 is 4.90 Å². The Labute approximate surface area is 97.9 Å². The monoisotopic (exact) mass is 219 g/mol. The van der Waals surface area contributed by atoms with Crippen LogP contribution in [0.5, 0.6) is 0 Å². The van der Waals surface area contributed by atoms with Gasteiger partial charge in [-0.2, -0.15) is 0 Å². The van der Waals surface area contributed by atoms with Gasteiger partial charge < -0.3 is 10.0 Å². The molecule has 1 N–H and O–H groups in total. The summed E-state index contributed by atoms with van der Waals surface area (Å²) in [4.78, 5) is 2.40. The Balaban J connectivity index is 2.12. The van der Waals surface area contributed by atoms with Crippen LogP contribution in [0.1, 0.15) is 25.8 Å². The van der Waals surface area contributed by atoms with Gasteiger partial charge in [0.1, 0.15) is 0 Å². The van der Waals surface area contributed by atoms with Crippen molar-refractivity contribution in [2.24, 2.45) is 5.92 Å². The highest BCUT2D eigenvalue weighted by molar-refractivity contribution is 5.49. The first kappa shape index (κ1) is 11.5. The minimum absolute atomic E-state index is 0.310. The summed E-state index contributed by atoms with van der Waals surface area (Å²) in [7, 11) is 0. The maximum atomic E-state index is 9.26. The topological polar surface area (TPSA) is 23.5 Å². The summed E-state index contributed by atoms with van der Waals surface area (Å²) in [5.41, 5.74) is 2.68. The number of aryl methyl sites for hydroxylation is 1. The summed E-state index contributed by atoms with van der Waals surface area (Å²) in [6, 6.07) is 9.27. The molecule has 0 spiro atoms. The molecule has 0 aromatic heterocycles. The van der Waals surface area contributed by atoms with Crippen LogP contribution in [-0.4, -0.2) is 24.3 Å². The lowest BCUT2D eigenvalue weighted by molar-refractivity contribution is 0.221. The number of benzene rings is 1. The van der Waals surface area contributed by atoms with E-state index in [1.165, 1.54) is 11.3 Å². The smallest absolute Gasteiger partial charge is 0.0479 e. The van der Waals surface area contributed by atoms with Crippen molar-refractivity contribution in [3.05, 3.63) is 29.8 Å². The van der Waals surface area contributed by atoms with Gasteiger partial charge in [-0.1, -0.05) is 19.1 Å². The van der Waals surface area contributed by atoms with E-state index in [0.29, 0.717) is 18.6 Å². The Morgan fingerprint density at radius 3 is 2.50 bits per heavy atom. The summed E-state index contributed by atoms with van der Waals surface area (Å²) in [6.45, 7) is 5.76. The van der Waals surface area contributed by atoms with E-state index >= 15 is 0 Å². The zero-order valence-corrected chi connectivity index (χ0v) is 10.2. The molecule has 1 heterocycles. The molecule has 1 aliphatic rings.